The SMILES string of the molecule is CC1CCC(CN)C(S(=O)c2ccc(F)c(F)c2)C1. The Morgan fingerprint density at radius 3 is 2.68 bits per heavy atom. The van der Waals surface area contributed by atoms with Crippen molar-refractivity contribution < 1.29 is 13.0 Å². The molecule has 19 heavy (non-hydrogen) atoms. The van der Waals surface area contributed by atoms with Gasteiger partial charge in [-0.15, -0.1) is 0 Å². The Bertz CT molecular complexity index is 481. The standard InChI is InChI=1S/C14H19F2NOS/c1-9-2-3-10(8-17)14(6-9)19(18)11-4-5-12(15)13(16)7-11/h4-5,7,9-10,14H,2-3,6,8,17H2,1H3. The first-order valence-corrected chi connectivity index (χ1v) is 7.80. The zero-order valence-electron chi connectivity index (χ0n) is 10.9. The van der Waals surface area contributed by atoms with Crippen molar-refractivity contribution in [3.8, 4) is 0 Å². The van der Waals surface area contributed by atoms with Gasteiger partial charge in [0.2, 0.25) is 0 Å². The first-order chi connectivity index (χ1) is 9.02. The van der Waals surface area contributed by atoms with E-state index in [9.17, 15) is 13.0 Å². The van der Waals surface area contributed by atoms with E-state index in [2.05, 4.69) is 6.92 Å². The van der Waals surface area contributed by atoms with E-state index in [1.165, 1.54) is 6.07 Å². The molecule has 0 saturated heterocycles. The van der Waals surface area contributed by atoms with E-state index < -0.39 is 22.4 Å². The molecule has 0 aromatic heterocycles. The molecule has 0 spiro atoms. The molecule has 1 aliphatic rings. The Labute approximate surface area is 114 Å². The second-order valence-corrected chi connectivity index (χ2v) is 7.00. The summed E-state index contributed by atoms with van der Waals surface area (Å²) in [5, 5.41) is -0.0568. The molecule has 0 heterocycles. The summed E-state index contributed by atoms with van der Waals surface area (Å²) in [5.41, 5.74) is 5.74. The topological polar surface area (TPSA) is 43.1 Å². The maximum absolute atomic E-state index is 13.2. The monoisotopic (exact) mass is 287 g/mol. The van der Waals surface area contributed by atoms with Crippen LogP contribution in [0.15, 0.2) is 23.1 Å². The van der Waals surface area contributed by atoms with E-state index in [-0.39, 0.29) is 11.2 Å². The molecule has 2 nitrogen and oxygen atoms in total. The van der Waals surface area contributed by atoms with Gasteiger partial charge in [0.15, 0.2) is 11.6 Å². The lowest BCUT2D eigenvalue weighted by Crippen LogP contribution is -2.36. The molecule has 0 amide bonds. The summed E-state index contributed by atoms with van der Waals surface area (Å²) in [6.07, 6.45) is 2.87. The first-order valence-electron chi connectivity index (χ1n) is 6.58. The van der Waals surface area contributed by atoms with E-state index in [4.69, 9.17) is 5.73 Å². The van der Waals surface area contributed by atoms with Gasteiger partial charge in [0.25, 0.3) is 0 Å². The molecule has 106 valence electrons. The highest BCUT2D eigenvalue weighted by Crippen LogP contribution is 2.33. The zero-order valence-corrected chi connectivity index (χ0v) is 11.8. The van der Waals surface area contributed by atoms with Crippen molar-refractivity contribution in [2.75, 3.05) is 6.54 Å². The molecule has 2 rings (SSSR count). The van der Waals surface area contributed by atoms with Crippen molar-refractivity contribution >= 4 is 10.8 Å². The highest BCUT2D eigenvalue weighted by molar-refractivity contribution is 7.85. The molecule has 4 unspecified atom stereocenters. The quantitative estimate of drug-likeness (QED) is 0.929. The van der Waals surface area contributed by atoms with Crippen molar-refractivity contribution in [1.29, 1.82) is 0 Å². The summed E-state index contributed by atoms with van der Waals surface area (Å²) in [6.45, 7) is 2.62. The van der Waals surface area contributed by atoms with Crippen LogP contribution in [0.4, 0.5) is 8.78 Å². The predicted octanol–water partition coefficient (Wildman–Crippen LogP) is 2.84. The number of nitrogens with two attached hydrogens (primary N) is 1. The minimum Gasteiger partial charge on any atom is -0.330 e. The fourth-order valence-corrected chi connectivity index (χ4v) is 4.57. The Hall–Kier alpha value is -0.810. The zero-order chi connectivity index (χ0) is 14.0. The molecule has 0 radical (unpaired) electrons. The molecule has 0 bridgehead atoms. The average Bonchev–Trinajstić information content (AvgIpc) is 2.41. The summed E-state index contributed by atoms with van der Waals surface area (Å²) in [5.74, 6) is -1.15. The van der Waals surface area contributed by atoms with E-state index in [0.29, 0.717) is 17.4 Å². The lowest BCUT2D eigenvalue weighted by molar-refractivity contribution is 0.302. The maximum Gasteiger partial charge on any atom is 0.160 e. The van der Waals surface area contributed by atoms with Crippen LogP contribution in [0.5, 0.6) is 0 Å². The van der Waals surface area contributed by atoms with Gasteiger partial charge in [-0.2, -0.15) is 0 Å². The van der Waals surface area contributed by atoms with Crippen LogP contribution in [0.2, 0.25) is 0 Å². The number of benzene rings is 1. The summed E-state index contributed by atoms with van der Waals surface area (Å²) in [6, 6.07) is 3.48. The summed E-state index contributed by atoms with van der Waals surface area (Å²) in [4.78, 5) is 0.358. The lowest BCUT2D eigenvalue weighted by atomic mass is 9.82. The predicted molar refractivity (Wildman–Crippen MR) is 72.1 cm³/mol. The van der Waals surface area contributed by atoms with Crippen LogP contribution < -0.4 is 5.73 Å². The Morgan fingerprint density at radius 1 is 1.32 bits per heavy atom. The number of hydrogen-bond acceptors (Lipinski definition) is 2. The summed E-state index contributed by atoms with van der Waals surface area (Å²) in [7, 11) is -1.33. The molecule has 1 aromatic rings. The second kappa shape index (κ2) is 6.09. The van der Waals surface area contributed by atoms with Crippen molar-refractivity contribution in [3.63, 3.8) is 0 Å². The van der Waals surface area contributed by atoms with E-state index in [1.54, 1.807) is 0 Å². The fraction of sp³-hybridized carbons (Fsp3) is 0.571. The van der Waals surface area contributed by atoms with Gasteiger partial charge in [0.1, 0.15) is 0 Å². The largest absolute Gasteiger partial charge is 0.330 e. The molecule has 4 atom stereocenters. The van der Waals surface area contributed by atoms with Crippen LogP contribution in [0.25, 0.3) is 0 Å². The van der Waals surface area contributed by atoms with Crippen LogP contribution in [-0.2, 0) is 10.8 Å². The van der Waals surface area contributed by atoms with Crippen LogP contribution >= 0.6 is 0 Å². The minimum atomic E-state index is -1.33. The van der Waals surface area contributed by atoms with Crippen molar-refractivity contribution in [1.82, 2.24) is 0 Å². The summed E-state index contributed by atoms with van der Waals surface area (Å²) >= 11 is 0. The lowest BCUT2D eigenvalue weighted by Gasteiger charge is -2.33. The maximum atomic E-state index is 13.2. The average molecular weight is 287 g/mol. The third kappa shape index (κ3) is 3.20. The van der Waals surface area contributed by atoms with Crippen molar-refractivity contribution in [3.05, 3.63) is 29.8 Å². The van der Waals surface area contributed by atoms with Crippen LogP contribution in [0.3, 0.4) is 0 Å². The highest BCUT2D eigenvalue weighted by atomic mass is 32.2. The van der Waals surface area contributed by atoms with Crippen LogP contribution in [0.1, 0.15) is 26.2 Å². The van der Waals surface area contributed by atoms with Gasteiger partial charge < -0.3 is 5.73 Å². The Balaban J connectivity index is 2.23. The molecule has 0 aliphatic heterocycles. The molecule has 1 aliphatic carbocycles. The van der Waals surface area contributed by atoms with E-state index in [0.717, 1.165) is 31.4 Å². The molecule has 1 aromatic carbocycles. The first kappa shape index (κ1) is 14.6. The van der Waals surface area contributed by atoms with Gasteiger partial charge >= 0.3 is 0 Å². The highest BCUT2D eigenvalue weighted by Gasteiger charge is 2.32. The number of rotatable bonds is 3. The normalized spacial score (nSPS) is 29.2. The molecule has 2 N–H and O–H groups in total. The second-order valence-electron chi connectivity index (χ2n) is 5.33. The van der Waals surface area contributed by atoms with Gasteiger partial charge in [-0.1, -0.05) is 13.3 Å². The fourth-order valence-electron chi connectivity index (χ4n) is 2.70. The molecule has 1 fully saturated rings. The van der Waals surface area contributed by atoms with Crippen molar-refractivity contribution in [2.45, 2.75) is 36.3 Å². The minimum absolute atomic E-state index is 0.0568. The van der Waals surface area contributed by atoms with Gasteiger partial charge in [0, 0.05) is 10.1 Å². The van der Waals surface area contributed by atoms with E-state index >= 15 is 0 Å². The third-order valence-corrected chi connectivity index (χ3v) is 5.74. The summed E-state index contributed by atoms with van der Waals surface area (Å²) < 4.78 is 38.7. The van der Waals surface area contributed by atoms with E-state index in [1.807, 2.05) is 0 Å². The van der Waals surface area contributed by atoms with Crippen molar-refractivity contribution in [2.24, 2.45) is 17.6 Å². The molecule has 1 saturated carbocycles. The van der Waals surface area contributed by atoms with Gasteiger partial charge in [-0.3, -0.25) is 4.21 Å². The Morgan fingerprint density at radius 2 is 2.05 bits per heavy atom. The number of hydrogen-bond donors (Lipinski definition) is 1. The smallest absolute Gasteiger partial charge is 0.160 e. The van der Waals surface area contributed by atoms with Gasteiger partial charge in [-0.05, 0) is 49.4 Å². The molecular weight excluding hydrogens is 268 g/mol. The Kier molecular flexibility index (Phi) is 4.68. The molecule has 5 heteroatoms. The van der Waals surface area contributed by atoms with Gasteiger partial charge in [-0.25, -0.2) is 8.78 Å². The number of halogens is 2. The van der Waals surface area contributed by atoms with Crippen LogP contribution in [0, 0.1) is 23.5 Å². The third-order valence-electron chi connectivity index (χ3n) is 3.89. The van der Waals surface area contributed by atoms with Crippen LogP contribution in [-0.4, -0.2) is 16.0 Å². The van der Waals surface area contributed by atoms with Gasteiger partial charge in [0.05, 0.1) is 10.8 Å². The molecular formula is C14H19F2NOS.